The van der Waals surface area contributed by atoms with E-state index < -0.39 is 0 Å². The molecule has 2 N–H and O–H groups in total. The van der Waals surface area contributed by atoms with Gasteiger partial charge in [-0.05, 0) is 50.6 Å². The maximum absolute atomic E-state index is 5.65. The van der Waals surface area contributed by atoms with Gasteiger partial charge >= 0.3 is 0 Å². The smallest absolute Gasteiger partial charge is 0.00217 e. The summed E-state index contributed by atoms with van der Waals surface area (Å²) in [6, 6.07) is 0. The van der Waals surface area contributed by atoms with Crippen LogP contribution in [0.2, 0.25) is 0 Å². The molecule has 1 fully saturated rings. The van der Waals surface area contributed by atoms with Gasteiger partial charge < -0.3 is 10.6 Å². The van der Waals surface area contributed by atoms with E-state index in [9.17, 15) is 0 Å². The van der Waals surface area contributed by atoms with E-state index in [2.05, 4.69) is 17.5 Å². The Morgan fingerprint density at radius 2 is 2.33 bits per heavy atom. The fourth-order valence-corrected chi connectivity index (χ4v) is 1.98. The zero-order valence-corrected chi connectivity index (χ0v) is 8.60. The van der Waals surface area contributed by atoms with Gasteiger partial charge in [-0.3, -0.25) is 0 Å². The van der Waals surface area contributed by atoms with Crippen LogP contribution in [0.25, 0.3) is 0 Å². The molecule has 0 aromatic heterocycles. The molecule has 0 bridgehead atoms. The summed E-state index contributed by atoms with van der Waals surface area (Å²) in [6.45, 7) is 4.55. The standard InChI is InChI=1S/C9H20N2S/c10-7-9-3-1-4-11(8-9)5-2-6-12/h9,12H,1-8,10H2. The van der Waals surface area contributed by atoms with Crippen LogP contribution in [0.3, 0.4) is 0 Å². The molecule has 1 aliphatic rings. The minimum absolute atomic E-state index is 0.749. The molecule has 0 radical (unpaired) electrons. The van der Waals surface area contributed by atoms with E-state index in [4.69, 9.17) is 5.73 Å². The highest BCUT2D eigenvalue weighted by molar-refractivity contribution is 7.80. The van der Waals surface area contributed by atoms with Crippen LogP contribution in [0.5, 0.6) is 0 Å². The third kappa shape index (κ3) is 3.33. The summed E-state index contributed by atoms with van der Waals surface area (Å²) in [5.41, 5.74) is 5.65. The van der Waals surface area contributed by atoms with E-state index in [-0.39, 0.29) is 0 Å². The molecule has 3 heteroatoms. The highest BCUT2D eigenvalue weighted by Crippen LogP contribution is 2.15. The Labute approximate surface area is 80.9 Å². The van der Waals surface area contributed by atoms with E-state index in [1.54, 1.807) is 0 Å². The maximum atomic E-state index is 5.65. The molecule has 0 aromatic rings. The Morgan fingerprint density at radius 1 is 1.50 bits per heavy atom. The van der Waals surface area contributed by atoms with Gasteiger partial charge in [0.2, 0.25) is 0 Å². The van der Waals surface area contributed by atoms with Gasteiger partial charge in [0.15, 0.2) is 0 Å². The molecule has 0 saturated carbocycles. The van der Waals surface area contributed by atoms with Gasteiger partial charge in [0.05, 0.1) is 0 Å². The third-order valence-electron chi connectivity index (χ3n) is 2.57. The molecule has 0 aromatic carbocycles. The number of likely N-dealkylation sites (tertiary alicyclic amines) is 1. The van der Waals surface area contributed by atoms with Crippen LogP contribution in [0.15, 0.2) is 0 Å². The first-order chi connectivity index (χ1) is 5.86. The number of hydrogen-bond donors (Lipinski definition) is 2. The average molecular weight is 188 g/mol. The summed E-state index contributed by atoms with van der Waals surface area (Å²) in [7, 11) is 0. The number of nitrogens with two attached hydrogens (primary N) is 1. The quantitative estimate of drug-likeness (QED) is 0.644. The fraction of sp³-hybridized carbons (Fsp3) is 1.00. The van der Waals surface area contributed by atoms with Crippen LogP contribution in [-0.2, 0) is 0 Å². The van der Waals surface area contributed by atoms with Gasteiger partial charge in [0.1, 0.15) is 0 Å². The molecule has 12 heavy (non-hydrogen) atoms. The van der Waals surface area contributed by atoms with Gasteiger partial charge in [-0.2, -0.15) is 12.6 Å². The second kappa shape index (κ2) is 5.84. The Morgan fingerprint density at radius 3 is 3.00 bits per heavy atom. The number of nitrogens with zero attached hydrogens (tertiary/aromatic N) is 1. The van der Waals surface area contributed by atoms with Crippen molar-refractivity contribution in [2.45, 2.75) is 19.3 Å². The second-order valence-corrected chi connectivity index (χ2v) is 4.07. The van der Waals surface area contributed by atoms with E-state index in [0.717, 1.165) is 18.2 Å². The molecule has 0 aliphatic carbocycles. The molecule has 1 heterocycles. The van der Waals surface area contributed by atoms with Gasteiger partial charge in [-0.15, -0.1) is 0 Å². The first kappa shape index (κ1) is 10.4. The van der Waals surface area contributed by atoms with Gasteiger partial charge in [0, 0.05) is 6.54 Å². The summed E-state index contributed by atoms with van der Waals surface area (Å²) in [4.78, 5) is 2.53. The predicted molar refractivity (Wildman–Crippen MR) is 56.7 cm³/mol. The predicted octanol–water partition coefficient (Wildman–Crippen LogP) is 0.977. The lowest BCUT2D eigenvalue weighted by Crippen LogP contribution is -2.38. The van der Waals surface area contributed by atoms with Crippen LogP contribution < -0.4 is 5.73 Å². The molecule has 1 atom stereocenters. The summed E-state index contributed by atoms with van der Waals surface area (Å²) >= 11 is 4.21. The Balaban J connectivity index is 2.16. The minimum Gasteiger partial charge on any atom is -0.330 e. The molecule has 1 unspecified atom stereocenters. The number of thiol groups is 1. The molecular weight excluding hydrogens is 168 g/mol. The lowest BCUT2D eigenvalue weighted by molar-refractivity contribution is 0.179. The minimum atomic E-state index is 0.749. The van der Waals surface area contributed by atoms with Crippen molar-refractivity contribution in [1.82, 2.24) is 4.90 Å². The number of rotatable bonds is 4. The average Bonchev–Trinajstić information content (AvgIpc) is 2.15. The second-order valence-electron chi connectivity index (χ2n) is 3.62. The highest BCUT2D eigenvalue weighted by atomic mass is 32.1. The lowest BCUT2D eigenvalue weighted by atomic mass is 9.98. The van der Waals surface area contributed by atoms with Crippen molar-refractivity contribution in [3.8, 4) is 0 Å². The van der Waals surface area contributed by atoms with E-state index in [1.807, 2.05) is 0 Å². The SMILES string of the molecule is NCC1CCCN(CCCS)C1. The molecular formula is C9H20N2S. The molecule has 1 aliphatic heterocycles. The molecule has 0 spiro atoms. The molecule has 1 rings (SSSR count). The van der Waals surface area contributed by atoms with Crippen LogP contribution in [-0.4, -0.2) is 36.8 Å². The van der Waals surface area contributed by atoms with Crippen molar-refractivity contribution in [3.05, 3.63) is 0 Å². The van der Waals surface area contributed by atoms with E-state index in [1.165, 1.54) is 38.9 Å². The molecule has 72 valence electrons. The summed E-state index contributed by atoms with van der Waals surface area (Å²) in [5, 5.41) is 0. The van der Waals surface area contributed by atoms with Gasteiger partial charge in [0.25, 0.3) is 0 Å². The fourth-order valence-electron chi connectivity index (χ4n) is 1.84. The van der Waals surface area contributed by atoms with Gasteiger partial charge in [-0.1, -0.05) is 0 Å². The molecule has 2 nitrogen and oxygen atoms in total. The highest BCUT2D eigenvalue weighted by Gasteiger charge is 2.17. The van der Waals surface area contributed by atoms with Crippen molar-refractivity contribution < 1.29 is 0 Å². The zero-order chi connectivity index (χ0) is 8.81. The molecule has 0 amide bonds. The van der Waals surface area contributed by atoms with Gasteiger partial charge in [-0.25, -0.2) is 0 Å². The first-order valence-corrected chi connectivity index (χ1v) is 5.53. The van der Waals surface area contributed by atoms with Crippen LogP contribution in [0.1, 0.15) is 19.3 Å². The van der Waals surface area contributed by atoms with Crippen LogP contribution >= 0.6 is 12.6 Å². The Hall–Kier alpha value is 0.270. The monoisotopic (exact) mass is 188 g/mol. The molecule has 1 saturated heterocycles. The zero-order valence-electron chi connectivity index (χ0n) is 7.71. The summed E-state index contributed by atoms with van der Waals surface area (Å²) in [5.74, 6) is 1.75. The van der Waals surface area contributed by atoms with Crippen molar-refractivity contribution in [2.75, 3.05) is 31.9 Å². The normalized spacial score (nSPS) is 26.0. The third-order valence-corrected chi connectivity index (χ3v) is 2.89. The summed E-state index contributed by atoms with van der Waals surface area (Å²) < 4.78 is 0. The van der Waals surface area contributed by atoms with E-state index in [0.29, 0.717) is 0 Å². The number of hydrogen-bond acceptors (Lipinski definition) is 3. The topological polar surface area (TPSA) is 29.3 Å². The van der Waals surface area contributed by atoms with Crippen molar-refractivity contribution in [3.63, 3.8) is 0 Å². The van der Waals surface area contributed by atoms with Crippen LogP contribution in [0, 0.1) is 5.92 Å². The van der Waals surface area contributed by atoms with Crippen molar-refractivity contribution in [1.29, 1.82) is 0 Å². The van der Waals surface area contributed by atoms with E-state index >= 15 is 0 Å². The lowest BCUT2D eigenvalue weighted by Gasteiger charge is -2.31. The summed E-state index contributed by atoms with van der Waals surface area (Å²) in [6.07, 6.45) is 3.86. The number of piperidine rings is 1. The van der Waals surface area contributed by atoms with Crippen LogP contribution in [0.4, 0.5) is 0 Å². The Kier molecular flexibility index (Phi) is 5.04. The first-order valence-electron chi connectivity index (χ1n) is 4.90. The van der Waals surface area contributed by atoms with Crippen molar-refractivity contribution in [2.24, 2.45) is 11.7 Å². The Bertz CT molecular complexity index is 119. The maximum Gasteiger partial charge on any atom is 0.00217 e. The van der Waals surface area contributed by atoms with Crippen molar-refractivity contribution >= 4 is 12.6 Å². The largest absolute Gasteiger partial charge is 0.330 e.